The Kier molecular flexibility index (Phi) is 4.10. The van der Waals surface area contributed by atoms with Gasteiger partial charge in [-0.2, -0.15) is 0 Å². The Labute approximate surface area is 115 Å². The van der Waals surface area contributed by atoms with E-state index < -0.39 is 0 Å². The molecule has 0 aromatic heterocycles. The van der Waals surface area contributed by atoms with Crippen LogP contribution in [0.1, 0.15) is 5.56 Å². The zero-order chi connectivity index (χ0) is 13.0. The molecule has 0 aliphatic rings. The largest absolute Gasteiger partial charge is 0.493 e. The predicted octanol–water partition coefficient (Wildman–Crippen LogP) is 3.62. The average molecular weight is 308 g/mol. The second kappa shape index (κ2) is 5.78. The van der Waals surface area contributed by atoms with E-state index in [0.717, 1.165) is 15.7 Å². The molecule has 0 amide bonds. The number of nitrogen functional groups attached to an aromatic ring is 1. The lowest BCUT2D eigenvalue weighted by Crippen LogP contribution is -1.99. The maximum Gasteiger partial charge on any atom is 0.175 e. The minimum Gasteiger partial charge on any atom is -0.493 e. The zero-order valence-corrected chi connectivity index (χ0v) is 11.6. The van der Waals surface area contributed by atoms with E-state index in [9.17, 15) is 0 Å². The second-order valence-electron chi connectivity index (χ2n) is 3.80. The van der Waals surface area contributed by atoms with Crippen LogP contribution in [0.4, 0.5) is 5.69 Å². The van der Waals surface area contributed by atoms with Crippen LogP contribution in [0, 0.1) is 0 Å². The van der Waals surface area contributed by atoms with Gasteiger partial charge < -0.3 is 15.2 Å². The maximum absolute atomic E-state index is 5.77. The summed E-state index contributed by atoms with van der Waals surface area (Å²) in [6.45, 7) is 0.448. The third-order valence-corrected chi connectivity index (χ3v) is 3.11. The zero-order valence-electron chi connectivity index (χ0n) is 10.0. The highest BCUT2D eigenvalue weighted by Crippen LogP contribution is 2.35. The average Bonchev–Trinajstić information content (AvgIpc) is 2.37. The number of nitrogens with two attached hydrogens (primary N) is 1. The molecule has 4 heteroatoms. The first-order valence-corrected chi connectivity index (χ1v) is 6.29. The summed E-state index contributed by atoms with van der Waals surface area (Å²) >= 11 is 3.45. The van der Waals surface area contributed by atoms with Crippen LogP contribution in [-0.4, -0.2) is 7.11 Å². The molecule has 0 spiro atoms. The van der Waals surface area contributed by atoms with Crippen molar-refractivity contribution in [2.75, 3.05) is 12.8 Å². The molecule has 0 atom stereocenters. The van der Waals surface area contributed by atoms with Crippen molar-refractivity contribution in [2.24, 2.45) is 0 Å². The molecule has 18 heavy (non-hydrogen) atoms. The van der Waals surface area contributed by atoms with Gasteiger partial charge in [0, 0.05) is 5.69 Å². The molecule has 2 rings (SSSR count). The molecular weight excluding hydrogens is 294 g/mol. The van der Waals surface area contributed by atoms with Gasteiger partial charge in [-0.3, -0.25) is 0 Å². The first-order valence-electron chi connectivity index (χ1n) is 5.50. The van der Waals surface area contributed by atoms with Crippen molar-refractivity contribution in [3.8, 4) is 11.5 Å². The molecule has 0 aliphatic carbocycles. The molecule has 0 fully saturated rings. The van der Waals surface area contributed by atoms with Crippen LogP contribution in [-0.2, 0) is 6.61 Å². The van der Waals surface area contributed by atoms with Crippen LogP contribution in [0.3, 0.4) is 0 Å². The molecule has 0 radical (unpaired) electrons. The lowest BCUT2D eigenvalue weighted by atomic mass is 10.2. The van der Waals surface area contributed by atoms with Gasteiger partial charge in [0.05, 0.1) is 11.6 Å². The number of anilines is 1. The molecule has 2 aromatic rings. The third kappa shape index (κ3) is 2.96. The van der Waals surface area contributed by atoms with E-state index in [1.807, 2.05) is 42.5 Å². The summed E-state index contributed by atoms with van der Waals surface area (Å²) in [5.41, 5.74) is 7.48. The molecule has 94 valence electrons. The van der Waals surface area contributed by atoms with Gasteiger partial charge in [-0.15, -0.1) is 0 Å². The fraction of sp³-hybridized carbons (Fsp3) is 0.143. The fourth-order valence-electron chi connectivity index (χ4n) is 1.63. The summed E-state index contributed by atoms with van der Waals surface area (Å²) in [7, 11) is 1.62. The third-order valence-electron chi connectivity index (χ3n) is 2.48. The Morgan fingerprint density at radius 3 is 2.67 bits per heavy atom. The number of hydrogen-bond acceptors (Lipinski definition) is 3. The van der Waals surface area contributed by atoms with Crippen molar-refractivity contribution in [3.63, 3.8) is 0 Å². The topological polar surface area (TPSA) is 44.5 Å². The quantitative estimate of drug-likeness (QED) is 0.877. The molecule has 3 nitrogen and oxygen atoms in total. The maximum atomic E-state index is 5.77. The van der Waals surface area contributed by atoms with E-state index >= 15 is 0 Å². The molecule has 0 aliphatic heterocycles. The lowest BCUT2D eigenvalue weighted by molar-refractivity contribution is 0.282. The Bertz CT molecular complexity index is 543. The van der Waals surface area contributed by atoms with Gasteiger partial charge >= 0.3 is 0 Å². The Balaban J connectivity index is 2.15. The lowest BCUT2D eigenvalue weighted by Gasteiger charge is -2.12. The van der Waals surface area contributed by atoms with Gasteiger partial charge in [-0.25, -0.2) is 0 Å². The van der Waals surface area contributed by atoms with Gasteiger partial charge in [-0.1, -0.05) is 18.2 Å². The predicted molar refractivity (Wildman–Crippen MR) is 75.9 cm³/mol. The SMILES string of the molecule is COc1cccc(Br)c1OCc1cccc(N)c1. The summed E-state index contributed by atoms with van der Waals surface area (Å²) in [6, 6.07) is 13.3. The van der Waals surface area contributed by atoms with Gasteiger partial charge in [0.15, 0.2) is 11.5 Å². The fourth-order valence-corrected chi connectivity index (χ4v) is 2.09. The molecule has 0 heterocycles. The van der Waals surface area contributed by atoms with Crippen molar-refractivity contribution in [1.82, 2.24) is 0 Å². The number of benzene rings is 2. The number of hydrogen-bond donors (Lipinski definition) is 1. The standard InChI is InChI=1S/C14H14BrNO2/c1-17-13-7-3-6-12(15)14(13)18-9-10-4-2-5-11(16)8-10/h2-8H,9,16H2,1H3. The highest BCUT2D eigenvalue weighted by Gasteiger charge is 2.08. The van der Waals surface area contributed by atoms with Crippen LogP contribution in [0.25, 0.3) is 0 Å². The number of methoxy groups -OCH3 is 1. The highest BCUT2D eigenvalue weighted by molar-refractivity contribution is 9.10. The summed E-state index contributed by atoms with van der Waals surface area (Å²) in [5.74, 6) is 1.40. The minimum atomic E-state index is 0.448. The van der Waals surface area contributed by atoms with Crippen molar-refractivity contribution in [1.29, 1.82) is 0 Å². The summed E-state index contributed by atoms with van der Waals surface area (Å²) in [6.07, 6.45) is 0. The molecule has 0 saturated carbocycles. The monoisotopic (exact) mass is 307 g/mol. The molecular formula is C14H14BrNO2. The van der Waals surface area contributed by atoms with Gasteiger partial charge in [-0.05, 0) is 45.8 Å². The van der Waals surface area contributed by atoms with E-state index in [0.29, 0.717) is 18.1 Å². The van der Waals surface area contributed by atoms with Crippen LogP contribution < -0.4 is 15.2 Å². The van der Waals surface area contributed by atoms with Crippen molar-refractivity contribution >= 4 is 21.6 Å². The van der Waals surface area contributed by atoms with Crippen molar-refractivity contribution in [2.45, 2.75) is 6.61 Å². The first kappa shape index (κ1) is 12.8. The van der Waals surface area contributed by atoms with E-state index in [1.54, 1.807) is 7.11 Å². The molecule has 2 N–H and O–H groups in total. The van der Waals surface area contributed by atoms with Gasteiger partial charge in [0.2, 0.25) is 0 Å². The molecule has 0 bridgehead atoms. The number of rotatable bonds is 4. The first-order chi connectivity index (χ1) is 8.70. The van der Waals surface area contributed by atoms with Crippen LogP contribution >= 0.6 is 15.9 Å². The Hall–Kier alpha value is -1.68. The van der Waals surface area contributed by atoms with Crippen LogP contribution in [0.2, 0.25) is 0 Å². The molecule has 0 saturated heterocycles. The van der Waals surface area contributed by atoms with E-state index in [1.165, 1.54) is 0 Å². The van der Waals surface area contributed by atoms with Crippen molar-refractivity contribution in [3.05, 3.63) is 52.5 Å². The van der Waals surface area contributed by atoms with Crippen LogP contribution in [0.15, 0.2) is 46.9 Å². The summed E-state index contributed by atoms with van der Waals surface area (Å²) in [4.78, 5) is 0. The minimum absolute atomic E-state index is 0.448. The number of para-hydroxylation sites is 1. The van der Waals surface area contributed by atoms with E-state index in [-0.39, 0.29) is 0 Å². The summed E-state index contributed by atoms with van der Waals surface area (Å²) in [5, 5.41) is 0. The number of ether oxygens (including phenoxy) is 2. The Morgan fingerprint density at radius 2 is 1.94 bits per heavy atom. The van der Waals surface area contributed by atoms with Crippen molar-refractivity contribution < 1.29 is 9.47 Å². The Morgan fingerprint density at radius 1 is 1.17 bits per heavy atom. The van der Waals surface area contributed by atoms with E-state index in [4.69, 9.17) is 15.2 Å². The second-order valence-corrected chi connectivity index (χ2v) is 4.66. The van der Waals surface area contributed by atoms with Gasteiger partial charge in [0.25, 0.3) is 0 Å². The smallest absolute Gasteiger partial charge is 0.175 e. The summed E-state index contributed by atoms with van der Waals surface area (Å²) < 4.78 is 11.9. The van der Waals surface area contributed by atoms with Gasteiger partial charge in [0.1, 0.15) is 6.61 Å². The number of halogens is 1. The van der Waals surface area contributed by atoms with E-state index in [2.05, 4.69) is 15.9 Å². The highest BCUT2D eigenvalue weighted by atomic mass is 79.9. The normalized spacial score (nSPS) is 10.1. The molecule has 2 aromatic carbocycles. The van der Waals surface area contributed by atoms with Crippen LogP contribution in [0.5, 0.6) is 11.5 Å². The molecule has 0 unspecified atom stereocenters.